The molecule has 4 aromatic rings. The minimum absolute atomic E-state index is 0.0629. The maximum Gasteiger partial charge on any atom is 0.140 e. The van der Waals surface area contributed by atoms with Crippen molar-refractivity contribution in [3.05, 3.63) is 58.0 Å². The molecule has 4 rings (SSSR count). The molecule has 0 aliphatic rings. The Hall–Kier alpha value is -2.62. The van der Waals surface area contributed by atoms with Crippen LogP contribution in [-0.2, 0) is 0 Å². The number of rotatable bonds is 2. The number of thiophene rings is 1. The van der Waals surface area contributed by atoms with Crippen molar-refractivity contribution < 1.29 is 0 Å². The molecule has 0 bridgehead atoms. The average molecular weight is 379 g/mol. The van der Waals surface area contributed by atoms with Crippen LogP contribution in [0, 0.1) is 11.8 Å². The zero-order chi connectivity index (χ0) is 18.1. The number of hydrogen-bond donors (Lipinski definition) is 1. The molecule has 4 nitrogen and oxygen atoms in total. The maximum atomic E-state index is 4.85. The van der Waals surface area contributed by atoms with Gasteiger partial charge in [0.25, 0.3) is 0 Å². The Morgan fingerprint density at radius 1 is 1.08 bits per heavy atom. The number of anilines is 1. The highest BCUT2D eigenvalue weighted by Crippen LogP contribution is 2.35. The zero-order valence-electron chi connectivity index (χ0n) is 14.8. The number of nitrogens with one attached hydrogen (secondary N) is 1. The molecule has 0 saturated heterocycles. The van der Waals surface area contributed by atoms with E-state index in [9.17, 15) is 0 Å². The van der Waals surface area contributed by atoms with E-state index in [0.29, 0.717) is 0 Å². The molecule has 4 aromatic heterocycles. The predicted molar refractivity (Wildman–Crippen MR) is 110 cm³/mol. The van der Waals surface area contributed by atoms with Crippen molar-refractivity contribution in [1.82, 2.24) is 14.4 Å². The van der Waals surface area contributed by atoms with Crippen molar-refractivity contribution in [2.24, 2.45) is 0 Å². The molecule has 26 heavy (non-hydrogen) atoms. The van der Waals surface area contributed by atoms with Gasteiger partial charge in [0.2, 0.25) is 0 Å². The summed E-state index contributed by atoms with van der Waals surface area (Å²) in [5, 5.41) is 3.60. The Labute approximate surface area is 160 Å². The van der Waals surface area contributed by atoms with Gasteiger partial charge in [0, 0.05) is 11.7 Å². The minimum Gasteiger partial charge on any atom is -0.365 e. The first-order valence-electron chi connectivity index (χ1n) is 8.26. The zero-order valence-corrected chi connectivity index (χ0v) is 16.4. The number of thiazole rings is 1. The fourth-order valence-corrected chi connectivity index (χ4v) is 3.89. The van der Waals surface area contributed by atoms with E-state index in [2.05, 4.69) is 59.4 Å². The van der Waals surface area contributed by atoms with E-state index >= 15 is 0 Å². The highest BCUT2D eigenvalue weighted by Gasteiger charge is 2.20. The lowest BCUT2D eigenvalue weighted by atomic mass is 10.1. The van der Waals surface area contributed by atoms with Crippen LogP contribution in [0.4, 0.5) is 5.82 Å². The van der Waals surface area contributed by atoms with E-state index in [0.717, 1.165) is 31.8 Å². The SMILES string of the molecule is CC(C)(C)Nc1c(-c2ccc(C#Cc3cncs3)s2)nc2ccccn12. The summed E-state index contributed by atoms with van der Waals surface area (Å²) in [5.41, 5.74) is 3.62. The quantitative estimate of drug-likeness (QED) is 0.492. The monoisotopic (exact) mass is 378 g/mol. The first kappa shape index (κ1) is 16.8. The van der Waals surface area contributed by atoms with Crippen LogP contribution in [0.5, 0.6) is 0 Å². The van der Waals surface area contributed by atoms with E-state index in [-0.39, 0.29) is 5.54 Å². The third-order valence-corrected chi connectivity index (χ3v) is 5.30. The Balaban J connectivity index is 1.76. The fourth-order valence-electron chi connectivity index (χ4n) is 2.58. The first-order chi connectivity index (χ1) is 12.5. The highest BCUT2D eigenvalue weighted by atomic mass is 32.1. The molecule has 1 N–H and O–H groups in total. The van der Waals surface area contributed by atoms with Gasteiger partial charge < -0.3 is 5.32 Å². The highest BCUT2D eigenvalue weighted by molar-refractivity contribution is 7.16. The summed E-state index contributed by atoms with van der Waals surface area (Å²) in [6.07, 6.45) is 3.83. The molecule has 6 heteroatoms. The normalized spacial score (nSPS) is 11.3. The maximum absolute atomic E-state index is 4.85. The molecule has 0 fully saturated rings. The molecule has 0 amide bonds. The van der Waals surface area contributed by atoms with Gasteiger partial charge in [-0.15, -0.1) is 22.7 Å². The third kappa shape index (κ3) is 3.50. The number of hydrogen-bond acceptors (Lipinski definition) is 5. The Bertz CT molecular complexity index is 1100. The largest absolute Gasteiger partial charge is 0.365 e. The topological polar surface area (TPSA) is 42.2 Å². The van der Waals surface area contributed by atoms with Gasteiger partial charge in [-0.25, -0.2) is 4.98 Å². The van der Waals surface area contributed by atoms with Crippen molar-refractivity contribution in [1.29, 1.82) is 0 Å². The van der Waals surface area contributed by atoms with E-state index in [1.807, 2.05) is 24.4 Å². The van der Waals surface area contributed by atoms with Gasteiger partial charge >= 0.3 is 0 Å². The summed E-state index contributed by atoms with van der Waals surface area (Å²) in [5.74, 6) is 7.39. The van der Waals surface area contributed by atoms with Gasteiger partial charge in [-0.2, -0.15) is 0 Å². The number of fused-ring (bicyclic) bond motifs is 1. The summed E-state index contributed by atoms with van der Waals surface area (Å²) in [7, 11) is 0. The van der Waals surface area contributed by atoms with Gasteiger partial charge in [0.05, 0.1) is 26.3 Å². The molecular weight excluding hydrogens is 360 g/mol. The molecule has 0 aliphatic heterocycles. The number of nitrogens with zero attached hydrogens (tertiary/aromatic N) is 3. The van der Waals surface area contributed by atoms with Gasteiger partial charge in [-0.1, -0.05) is 6.07 Å². The van der Waals surface area contributed by atoms with Crippen LogP contribution in [-0.4, -0.2) is 19.9 Å². The summed E-state index contributed by atoms with van der Waals surface area (Å²) in [4.78, 5) is 12.0. The van der Waals surface area contributed by atoms with Crippen LogP contribution in [0.15, 0.2) is 48.2 Å². The van der Waals surface area contributed by atoms with E-state index in [1.165, 1.54) is 0 Å². The molecular formula is C20H18N4S2. The Morgan fingerprint density at radius 3 is 2.69 bits per heavy atom. The molecule has 0 unspecified atom stereocenters. The van der Waals surface area contributed by atoms with Crippen molar-refractivity contribution in [2.45, 2.75) is 26.3 Å². The molecule has 0 aromatic carbocycles. The second-order valence-corrected chi connectivity index (χ2v) is 8.86. The van der Waals surface area contributed by atoms with Gasteiger partial charge in [0.1, 0.15) is 17.2 Å². The van der Waals surface area contributed by atoms with Crippen molar-refractivity contribution in [3.8, 4) is 22.4 Å². The predicted octanol–water partition coefficient (Wildman–Crippen LogP) is 5.13. The molecule has 0 atom stereocenters. The van der Waals surface area contributed by atoms with E-state index in [4.69, 9.17) is 4.98 Å². The standard InChI is InChI=1S/C20H18N4S2/c1-20(2,3)23-19-18(22-17-6-4-5-11-24(17)19)16-10-9-14(26-16)7-8-15-12-21-13-25-15/h4-6,9-13,23H,1-3H3. The summed E-state index contributed by atoms with van der Waals surface area (Å²) in [6, 6.07) is 10.2. The lowest BCUT2D eigenvalue weighted by Crippen LogP contribution is -2.27. The molecule has 0 saturated carbocycles. The smallest absolute Gasteiger partial charge is 0.140 e. The number of imidazole rings is 1. The van der Waals surface area contributed by atoms with Gasteiger partial charge in [-0.3, -0.25) is 9.38 Å². The second-order valence-electron chi connectivity index (χ2n) is 6.89. The Kier molecular flexibility index (Phi) is 4.27. The first-order valence-corrected chi connectivity index (χ1v) is 9.95. The van der Waals surface area contributed by atoms with E-state index < -0.39 is 0 Å². The van der Waals surface area contributed by atoms with E-state index in [1.54, 1.807) is 34.4 Å². The summed E-state index contributed by atoms with van der Waals surface area (Å²) >= 11 is 3.21. The summed E-state index contributed by atoms with van der Waals surface area (Å²) in [6.45, 7) is 6.46. The van der Waals surface area contributed by atoms with Crippen molar-refractivity contribution >= 4 is 34.1 Å². The lowest BCUT2D eigenvalue weighted by Gasteiger charge is -2.22. The van der Waals surface area contributed by atoms with Crippen LogP contribution >= 0.6 is 22.7 Å². The number of pyridine rings is 1. The lowest BCUT2D eigenvalue weighted by molar-refractivity contribution is 0.630. The fraction of sp³-hybridized carbons (Fsp3) is 0.200. The second kappa shape index (κ2) is 6.60. The Morgan fingerprint density at radius 2 is 1.92 bits per heavy atom. The number of aromatic nitrogens is 3. The van der Waals surface area contributed by atoms with Crippen molar-refractivity contribution in [3.63, 3.8) is 0 Å². The van der Waals surface area contributed by atoms with Crippen molar-refractivity contribution in [2.75, 3.05) is 5.32 Å². The minimum atomic E-state index is -0.0629. The molecule has 4 heterocycles. The van der Waals surface area contributed by atoms with Crippen LogP contribution < -0.4 is 5.32 Å². The summed E-state index contributed by atoms with van der Waals surface area (Å²) < 4.78 is 2.10. The molecule has 0 aliphatic carbocycles. The molecule has 0 radical (unpaired) electrons. The third-order valence-electron chi connectivity index (χ3n) is 3.60. The van der Waals surface area contributed by atoms with Gasteiger partial charge in [0.15, 0.2) is 0 Å². The van der Waals surface area contributed by atoms with Crippen LogP contribution in [0.3, 0.4) is 0 Å². The van der Waals surface area contributed by atoms with Crippen LogP contribution in [0.25, 0.3) is 16.2 Å². The molecule has 0 spiro atoms. The van der Waals surface area contributed by atoms with Crippen LogP contribution in [0.2, 0.25) is 0 Å². The average Bonchev–Trinajstić information content (AvgIpc) is 3.32. The van der Waals surface area contributed by atoms with Crippen LogP contribution in [0.1, 0.15) is 30.5 Å². The van der Waals surface area contributed by atoms with Gasteiger partial charge in [-0.05, 0) is 56.9 Å². The molecule has 130 valence electrons.